The standard InChI is InChI=1S/C23H30N6O3/c1-15-13-18(32-27-15)23(8-9-23)22(31)25-17-6-7-19(26-20(17)24)29-12-4-5-16(14-29)21(30)28-10-2-3-11-28/h6-7,13,16H,2-5,8-12,14H2,1H3,(H2,24,26)(H,25,31)/t16-/m1/s1. The van der Waals surface area contributed by atoms with Crippen molar-refractivity contribution >= 4 is 29.1 Å². The van der Waals surface area contributed by atoms with Crippen molar-refractivity contribution in [2.24, 2.45) is 5.92 Å². The smallest absolute Gasteiger partial charge is 0.238 e. The SMILES string of the molecule is Cc1cc(C2(C(=O)Nc3ccc(N4CCC[C@@H](C(=O)N5CCCC5)C4)nc3N)CC2)on1. The predicted molar refractivity (Wildman–Crippen MR) is 120 cm³/mol. The van der Waals surface area contributed by atoms with Gasteiger partial charge in [0.15, 0.2) is 5.76 Å². The van der Waals surface area contributed by atoms with E-state index >= 15 is 0 Å². The van der Waals surface area contributed by atoms with Gasteiger partial charge in [-0.15, -0.1) is 0 Å². The Morgan fingerprint density at radius 2 is 1.97 bits per heavy atom. The molecule has 2 amide bonds. The maximum atomic E-state index is 13.0. The average molecular weight is 439 g/mol. The summed E-state index contributed by atoms with van der Waals surface area (Å²) < 4.78 is 5.35. The number of hydrogen-bond donors (Lipinski definition) is 2. The minimum atomic E-state index is -0.664. The molecule has 0 spiro atoms. The number of likely N-dealkylation sites (tertiary alicyclic amines) is 1. The number of aromatic nitrogens is 2. The van der Waals surface area contributed by atoms with E-state index in [2.05, 4.69) is 20.4 Å². The summed E-state index contributed by atoms with van der Waals surface area (Å²) in [6, 6.07) is 5.48. The molecule has 0 unspecified atom stereocenters. The highest BCUT2D eigenvalue weighted by molar-refractivity contribution is 6.02. The van der Waals surface area contributed by atoms with Crippen LogP contribution in [0.2, 0.25) is 0 Å². The van der Waals surface area contributed by atoms with Gasteiger partial charge in [0.1, 0.15) is 17.1 Å². The third-order valence-corrected chi connectivity index (χ3v) is 6.95. The van der Waals surface area contributed by atoms with Gasteiger partial charge < -0.3 is 25.4 Å². The van der Waals surface area contributed by atoms with Gasteiger partial charge in [-0.1, -0.05) is 5.16 Å². The van der Waals surface area contributed by atoms with Gasteiger partial charge in [0.2, 0.25) is 11.8 Å². The summed E-state index contributed by atoms with van der Waals surface area (Å²) in [5.74, 6) is 1.73. The second kappa shape index (κ2) is 8.11. The molecule has 9 heteroatoms. The third-order valence-electron chi connectivity index (χ3n) is 6.95. The van der Waals surface area contributed by atoms with Gasteiger partial charge in [-0.25, -0.2) is 4.98 Å². The summed E-state index contributed by atoms with van der Waals surface area (Å²) >= 11 is 0. The number of carbonyl (C=O) groups is 2. The van der Waals surface area contributed by atoms with Crippen molar-refractivity contribution in [1.29, 1.82) is 0 Å². The average Bonchev–Trinajstić information content (AvgIpc) is 3.20. The van der Waals surface area contributed by atoms with Crippen LogP contribution in [0.5, 0.6) is 0 Å². The van der Waals surface area contributed by atoms with Crippen molar-refractivity contribution in [3.8, 4) is 0 Å². The third kappa shape index (κ3) is 3.80. The molecule has 1 aliphatic carbocycles. The van der Waals surface area contributed by atoms with E-state index in [4.69, 9.17) is 10.3 Å². The van der Waals surface area contributed by atoms with Crippen LogP contribution in [0.3, 0.4) is 0 Å². The number of piperidine rings is 1. The molecule has 1 atom stereocenters. The molecule has 0 radical (unpaired) electrons. The van der Waals surface area contributed by atoms with Crippen LogP contribution in [0.1, 0.15) is 50.0 Å². The first-order valence-corrected chi connectivity index (χ1v) is 11.5. The number of nitrogens with zero attached hydrogens (tertiary/aromatic N) is 4. The Kier molecular flexibility index (Phi) is 5.27. The minimum Gasteiger partial charge on any atom is -0.382 e. The Bertz CT molecular complexity index is 1020. The lowest BCUT2D eigenvalue weighted by Crippen LogP contribution is -2.44. The number of aryl methyl sites for hydroxylation is 1. The molecule has 0 bridgehead atoms. The molecule has 4 heterocycles. The first-order valence-electron chi connectivity index (χ1n) is 11.5. The Labute approximate surface area is 187 Å². The second-order valence-corrected chi connectivity index (χ2v) is 9.29. The molecule has 32 heavy (non-hydrogen) atoms. The van der Waals surface area contributed by atoms with Gasteiger partial charge in [-0.05, 0) is 57.6 Å². The van der Waals surface area contributed by atoms with Gasteiger partial charge >= 0.3 is 0 Å². The van der Waals surface area contributed by atoms with Crippen LogP contribution in [0.15, 0.2) is 22.7 Å². The molecule has 3 fully saturated rings. The molecule has 9 nitrogen and oxygen atoms in total. The number of nitrogen functional groups attached to an aromatic ring is 1. The molecule has 1 saturated carbocycles. The van der Waals surface area contributed by atoms with Crippen LogP contribution < -0.4 is 16.0 Å². The molecule has 3 aliphatic rings. The van der Waals surface area contributed by atoms with Crippen LogP contribution in [0, 0.1) is 12.8 Å². The van der Waals surface area contributed by atoms with Crippen LogP contribution in [0.25, 0.3) is 0 Å². The fraction of sp³-hybridized carbons (Fsp3) is 0.565. The highest BCUT2D eigenvalue weighted by Crippen LogP contribution is 2.49. The van der Waals surface area contributed by atoms with Gasteiger partial charge in [-0.3, -0.25) is 9.59 Å². The van der Waals surface area contributed by atoms with Crippen LogP contribution in [-0.2, 0) is 15.0 Å². The summed E-state index contributed by atoms with van der Waals surface area (Å²) in [7, 11) is 0. The predicted octanol–water partition coefficient (Wildman–Crippen LogP) is 2.47. The lowest BCUT2D eigenvalue weighted by molar-refractivity contribution is -0.134. The van der Waals surface area contributed by atoms with Crippen molar-refractivity contribution in [2.45, 2.75) is 50.9 Å². The lowest BCUT2D eigenvalue weighted by Gasteiger charge is -2.34. The first kappa shape index (κ1) is 20.8. The number of anilines is 3. The maximum absolute atomic E-state index is 13.0. The molecule has 2 aromatic rings. The molecule has 2 saturated heterocycles. The Hall–Kier alpha value is -3.10. The number of hydrogen-bond acceptors (Lipinski definition) is 7. The van der Waals surface area contributed by atoms with Gasteiger partial charge in [0.25, 0.3) is 0 Å². The number of carbonyl (C=O) groups excluding carboxylic acids is 2. The van der Waals surface area contributed by atoms with E-state index in [0.717, 1.165) is 69.7 Å². The highest BCUT2D eigenvalue weighted by Gasteiger charge is 2.54. The van der Waals surface area contributed by atoms with Gasteiger partial charge in [0.05, 0.1) is 17.3 Å². The monoisotopic (exact) mass is 438 g/mol. The van der Waals surface area contributed by atoms with Crippen molar-refractivity contribution < 1.29 is 14.1 Å². The van der Waals surface area contributed by atoms with E-state index in [0.29, 0.717) is 18.0 Å². The Morgan fingerprint density at radius 3 is 2.62 bits per heavy atom. The van der Waals surface area contributed by atoms with Crippen molar-refractivity contribution in [2.75, 3.05) is 42.1 Å². The highest BCUT2D eigenvalue weighted by atomic mass is 16.5. The van der Waals surface area contributed by atoms with Crippen LogP contribution >= 0.6 is 0 Å². The normalized spacial score (nSPS) is 22.1. The van der Waals surface area contributed by atoms with Gasteiger partial charge in [0, 0.05) is 32.2 Å². The summed E-state index contributed by atoms with van der Waals surface area (Å²) in [6.45, 7) is 5.09. The number of rotatable bonds is 5. The van der Waals surface area contributed by atoms with Gasteiger partial charge in [-0.2, -0.15) is 0 Å². The number of nitrogens with one attached hydrogen (secondary N) is 1. The maximum Gasteiger partial charge on any atom is 0.238 e. The molecular formula is C23H30N6O3. The van der Waals surface area contributed by atoms with Crippen molar-refractivity contribution in [3.05, 3.63) is 29.7 Å². The molecule has 0 aromatic carbocycles. The first-order chi connectivity index (χ1) is 15.5. The summed E-state index contributed by atoms with van der Waals surface area (Å²) in [6.07, 6.45) is 5.51. The molecular weight excluding hydrogens is 408 g/mol. The zero-order chi connectivity index (χ0) is 22.3. The zero-order valence-electron chi connectivity index (χ0n) is 18.5. The molecule has 170 valence electrons. The van der Waals surface area contributed by atoms with E-state index in [9.17, 15) is 9.59 Å². The molecule has 3 N–H and O–H groups in total. The second-order valence-electron chi connectivity index (χ2n) is 9.29. The fourth-order valence-electron chi connectivity index (χ4n) is 4.87. The summed E-state index contributed by atoms with van der Waals surface area (Å²) in [5, 5.41) is 6.83. The zero-order valence-corrected chi connectivity index (χ0v) is 18.5. The van der Waals surface area contributed by atoms with Crippen molar-refractivity contribution in [1.82, 2.24) is 15.0 Å². The van der Waals surface area contributed by atoms with E-state index in [-0.39, 0.29) is 23.6 Å². The largest absolute Gasteiger partial charge is 0.382 e. The number of nitrogens with two attached hydrogens (primary N) is 1. The Balaban J connectivity index is 1.26. The van der Waals surface area contributed by atoms with Crippen LogP contribution in [0.4, 0.5) is 17.3 Å². The minimum absolute atomic E-state index is 0.00402. The topological polar surface area (TPSA) is 118 Å². The molecule has 2 aliphatic heterocycles. The lowest BCUT2D eigenvalue weighted by atomic mass is 9.96. The summed E-state index contributed by atoms with van der Waals surface area (Å²) in [5.41, 5.74) is 6.80. The van der Waals surface area contributed by atoms with Crippen molar-refractivity contribution in [3.63, 3.8) is 0 Å². The van der Waals surface area contributed by atoms with E-state index in [1.807, 2.05) is 24.0 Å². The number of amides is 2. The van der Waals surface area contributed by atoms with E-state index < -0.39 is 5.41 Å². The Morgan fingerprint density at radius 1 is 1.19 bits per heavy atom. The summed E-state index contributed by atoms with van der Waals surface area (Å²) in [4.78, 5) is 34.5. The quantitative estimate of drug-likeness (QED) is 0.736. The van der Waals surface area contributed by atoms with E-state index in [1.165, 1.54) is 0 Å². The fourth-order valence-corrected chi connectivity index (χ4v) is 4.87. The molecule has 5 rings (SSSR count). The number of pyridine rings is 1. The van der Waals surface area contributed by atoms with E-state index in [1.54, 1.807) is 6.07 Å². The van der Waals surface area contributed by atoms with Crippen LogP contribution in [-0.4, -0.2) is 53.0 Å². The molecule has 2 aromatic heterocycles.